The van der Waals surface area contributed by atoms with Gasteiger partial charge in [0.25, 0.3) is 0 Å². The predicted octanol–water partition coefficient (Wildman–Crippen LogP) is 6.63. The monoisotopic (exact) mass is 501 g/mol. The highest BCUT2D eigenvalue weighted by molar-refractivity contribution is 6.31. The van der Waals surface area contributed by atoms with Crippen molar-refractivity contribution in [2.24, 2.45) is 0 Å². The van der Waals surface area contributed by atoms with E-state index >= 15 is 0 Å². The SMILES string of the molecule is Clc1ccc2c(NCCCCCc3nc(Nc4ccccc4)nc(N4CCCCC4)n3)ccnc2c1. The van der Waals surface area contributed by atoms with Crippen LogP contribution in [0, 0.1) is 0 Å². The van der Waals surface area contributed by atoms with Crippen LogP contribution in [-0.4, -0.2) is 39.6 Å². The Morgan fingerprint density at radius 3 is 2.58 bits per heavy atom. The van der Waals surface area contributed by atoms with Crippen LogP contribution in [0.1, 0.15) is 44.3 Å². The number of unbranched alkanes of at least 4 members (excludes halogenated alkanes) is 2. The lowest BCUT2D eigenvalue weighted by molar-refractivity contribution is 0.565. The van der Waals surface area contributed by atoms with E-state index in [4.69, 9.17) is 26.6 Å². The van der Waals surface area contributed by atoms with Crippen LogP contribution in [0.5, 0.6) is 0 Å². The second-order valence-corrected chi connectivity index (χ2v) is 9.61. The number of aryl methyl sites for hydroxylation is 1. The van der Waals surface area contributed by atoms with Crippen molar-refractivity contribution in [3.8, 4) is 0 Å². The van der Waals surface area contributed by atoms with Crippen LogP contribution in [0.3, 0.4) is 0 Å². The Morgan fingerprint density at radius 1 is 0.861 bits per heavy atom. The fourth-order valence-corrected chi connectivity index (χ4v) is 4.71. The molecule has 0 bridgehead atoms. The van der Waals surface area contributed by atoms with Crippen LogP contribution >= 0.6 is 11.6 Å². The number of fused-ring (bicyclic) bond motifs is 1. The third-order valence-electron chi connectivity index (χ3n) is 6.44. The molecule has 0 amide bonds. The molecule has 0 radical (unpaired) electrons. The molecule has 8 heteroatoms. The summed E-state index contributed by atoms with van der Waals surface area (Å²) in [5, 5.41) is 8.71. The summed E-state index contributed by atoms with van der Waals surface area (Å²) in [6.07, 6.45) is 9.50. The normalized spacial score (nSPS) is 13.6. The second kappa shape index (κ2) is 12.0. The molecule has 7 nitrogen and oxygen atoms in total. The molecular weight excluding hydrogens is 470 g/mol. The molecule has 1 aliphatic rings. The molecule has 0 atom stereocenters. The number of pyridine rings is 1. The quantitative estimate of drug-likeness (QED) is 0.236. The summed E-state index contributed by atoms with van der Waals surface area (Å²) >= 11 is 6.11. The minimum atomic E-state index is 0.623. The smallest absolute Gasteiger partial charge is 0.232 e. The molecule has 1 aliphatic heterocycles. The molecule has 0 aliphatic carbocycles. The fraction of sp³-hybridized carbons (Fsp3) is 0.357. The fourth-order valence-electron chi connectivity index (χ4n) is 4.54. The first-order chi connectivity index (χ1) is 17.7. The highest BCUT2D eigenvalue weighted by Crippen LogP contribution is 2.24. The van der Waals surface area contributed by atoms with Gasteiger partial charge in [0.15, 0.2) is 0 Å². The Kier molecular flexibility index (Phi) is 8.08. The van der Waals surface area contributed by atoms with Crippen molar-refractivity contribution in [3.05, 3.63) is 71.6 Å². The van der Waals surface area contributed by atoms with E-state index in [0.717, 1.165) is 79.4 Å². The lowest BCUT2D eigenvalue weighted by Gasteiger charge is -2.27. The maximum atomic E-state index is 6.11. The molecule has 186 valence electrons. The van der Waals surface area contributed by atoms with Gasteiger partial charge in [-0.05, 0) is 68.5 Å². The molecule has 1 saturated heterocycles. The van der Waals surface area contributed by atoms with Crippen LogP contribution in [0.4, 0.5) is 23.3 Å². The molecule has 0 spiro atoms. The number of halogens is 1. The lowest BCUT2D eigenvalue weighted by Crippen LogP contribution is -2.31. The molecule has 2 N–H and O–H groups in total. The summed E-state index contributed by atoms with van der Waals surface area (Å²) in [4.78, 5) is 21.0. The van der Waals surface area contributed by atoms with Gasteiger partial charge < -0.3 is 15.5 Å². The van der Waals surface area contributed by atoms with Gasteiger partial charge in [-0.15, -0.1) is 0 Å². The van der Waals surface area contributed by atoms with E-state index in [-0.39, 0.29) is 0 Å². The number of para-hydroxylation sites is 1. The van der Waals surface area contributed by atoms with Crippen molar-refractivity contribution >= 4 is 45.8 Å². The van der Waals surface area contributed by atoms with Crippen LogP contribution in [0.25, 0.3) is 10.9 Å². The zero-order valence-electron chi connectivity index (χ0n) is 20.5. The van der Waals surface area contributed by atoms with Gasteiger partial charge >= 0.3 is 0 Å². The molecule has 1 fully saturated rings. The molecule has 2 aromatic carbocycles. The minimum absolute atomic E-state index is 0.623. The maximum Gasteiger partial charge on any atom is 0.232 e. The van der Waals surface area contributed by atoms with Crippen LogP contribution < -0.4 is 15.5 Å². The van der Waals surface area contributed by atoms with E-state index < -0.39 is 0 Å². The first-order valence-corrected chi connectivity index (χ1v) is 13.2. The first kappa shape index (κ1) is 24.3. The van der Waals surface area contributed by atoms with Crippen molar-refractivity contribution < 1.29 is 0 Å². The molecular formula is C28H32ClN7. The number of hydrogen-bond donors (Lipinski definition) is 2. The van der Waals surface area contributed by atoms with Gasteiger partial charge in [-0.2, -0.15) is 15.0 Å². The van der Waals surface area contributed by atoms with Gasteiger partial charge in [0.1, 0.15) is 5.82 Å². The van der Waals surface area contributed by atoms with Crippen molar-refractivity contribution in [1.29, 1.82) is 0 Å². The van der Waals surface area contributed by atoms with Crippen molar-refractivity contribution in [1.82, 2.24) is 19.9 Å². The summed E-state index contributed by atoms with van der Waals surface area (Å²) in [6.45, 7) is 2.92. The van der Waals surface area contributed by atoms with E-state index in [1.807, 2.05) is 60.8 Å². The van der Waals surface area contributed by atoms with E-state index in [0.29, 0.717) is 11.0 Å². The highest BCUT2D eigenvalue weighted by Gasteiger charge is 2.16. The lowest BCUT2D eigenvalue weighted by atomic mass is 10.1. The molecule has 0 saturated carbocycles. The number of piperidine rings is 1. The van der Waals surface area contributed by atoms with E-state index in [2.05, 4.69) is 20.5 Å². The Labute approximate surface area is 217 Å². The summed E-state index contributed by atoms with van der Waals surface area (Å²) < 4.78 is 0. The number of aromatic nitrogens is 4. The van der Waals surface area contributed by atoms with E-state index in [9.17, 15) is 0 Å². The molecule has 36 heavy (non-hydrogen) atoms. The Balaban J connectivity index is 1.17. The van der Waals surface area contributed by atoms with E-state index in [1.54, 1.807) is 0 Å². The predicted molar refractivity (Wildman–Crippen MR) is 148 cm³/mol. The standard InChI is InChI=1S/C28H32ClN7/c29-21-13-14-23-24(15-17-31-25(23)20-21)30-16-7-2-6-12-26-33-27(32-22-10-4-1-5-11-22)35-28(34-26)36-18-8-3-9-19-36/h1,4-5,10-11,13-15,17,20H,2-3,6-9,12,16,18-19H2,(H,30,31)(H,32,33,34,35). The molecule has 0 unspecified atom stereocenters. The number of nitrogens with one attached hydrogen (secondary N) is 2. The van der Waals surface area contributed by atoms with Crippen LogP contribution in [0.2, 0.25) is 5.02 Å². The summed E-state index contributed by atoms with van der Waals surface area (Å²) in [6, 6.07) is 17.9. The Morgan fingerprint density at radius 2 is 1.72 bits per heavy atom. The summed E-state index contributed by atoms with van der Waals surface area (Å²) in [5.74, 6) is 2.27. The summed E-state index contributed by atoms with van der Waals surface area (Å²) in [5.41, 5.74) is 2.99. The maximum absolute atomic E-state index is 6.11. The topological polar surface area (TPSA) is 78.9 Å². The first-order valence-electron chi connectivity index (χ1n) is 12.8. The number of rotatable bonds is 10. The van der Waals surface area contributed by atoms with Gasteiger partial charge in [-0.25, -0.2) is 0 Å². The molecule has 3 heterocycles. The molecule has 4 aromatic rings. The molecule has 2 aromatic heterocycles. The minimum Gasteiger partial charge on any atom is -0.384 e. The van der Waals surface area contributed by atoms with Crippen molar-refractivity contribution in [2.45, 2.75) is 44.9 Å². The van der Waals surface area contributed by atoms with Gasteiger partial charge in [-0.1, -0.05) is 36.2 Å². The molecule has 5 rings (SSSR count). The number of hydrogen-bond acceptors (Lipinski definition) is 7. The van der Waals surface area contributed by atoms with Crippen LogP contribution in [-0.2, 0) is 6.42 Å². The number of benzene rings is 2. The largest absolute Gasteiger partial charge is 0.384 e. The van der Waals surface area contributed by atoms with E-state index in [1.165, 1.54) is 19.3 Å². The van der Waals surface area contributed by atoms with Gasteiger partial charge in [0, 0.05) is 54.0 Å². The second-order valence-electron chi connectivity index (χ2n) is 9.17. The van der Waals surface area contributed by atoms with Crippen LogP contribution in [0.15, 0.2) is 60.8 Å². The van der Waals surface area contributed by atoms with Crippen molar-refractivity contribution in [3.63, 3.8) is 0 Å². The Bertz CT molecular complexity index is 1280. The van der Waals surface area contributed by atoms with Gasteiger partial charge in [0.05, 0.1) is 5.52 Å². The average Bonchev–Trinajstić information content (AvgIpc) is 2.91. The zero-order chi connectivity index (χ0) is 24.6. The highest BCUT2D eigenvalue weighted by atomic mass is 35.5. The number of nitrogens with zero attached hydrogens (tertiary/aromatic N) is 5. The summed E-state index contributed by atoms with van der Waals surface area (Å²) in [7, 11) is 0. The average molecular weight is 502 g/mol. The third kappa shape index (κ3) is 6.40. The Hall–Kier alpha value is -3.45. The zero-order valence-corrected chi connectivity index (χ0v) is 21.2. The van der Waals surface area contributed by atoms with Gasteiger partial charge in [0.2, 0.25) is 11.9 Å². The number of anilines is 4. The van der Waals surface area contributed by atoms with Crippen molar-refractivity contribution in [2.75, 3.05) is 35.2 Å². The van der Waals surface area contributed by atoms with Gasteiger partial charge in [-0.3, -0.25) is 4.98 Å². The third-order valence-corrected chi connectivity index (χ3v) is 6.67.